The molecule has 2 aromatic carbocycles. The predicted molar refractivity (Wildman–Crippen MR) is 106 cm³/mol. The van der Waals surface area contributed by atoms with Crippen LogP contribution >= 0.6 is 23.4 Å². The molecule has 0 aliphatic rings. The van der Waals surface area contributed by atoms with Crippen LogP contribution in [0.25, 0.3) is 5.69 Å². The number of hydrogen-bond donors (Lipinski definition) is 1. The van der Waals surface area contributed by atoms with E-state index in [0.29, 0.717) is 16.8 Å². The van der Waals surface area contributed by atoms with Crippen LogP contribution in [0.2, 0.25) is 5.02 Å². The molecule has 0 unspecified atom stereocenters. The number of nitrogens with one attached hydrogen (secondary N) is 1. The second-order valence-corrected chi connectivity index (χ2v) is 7.55. The molecule has 0 saturated carbocycles. The monoisotopic (exact) mass is 404 g/mol. The van der Waals surface area contributed by atoms with Gasteiger partial charge in [0.05, 0.1) is 10.8 Å². The van der Waals surface area contributed by atoms with E-state index in [1.54, 1.807) is 6.33 Å². The molecule has 0 atom stereocenters. The average Bonchev–Trinajstić information content (AvgIpc) is 3.12. The van der Waals surface area contributed by atoms with Gasteiger partial charge in [0.1, 0.15) is 12.1 Å². The standard InChI is InChI=1S/C19H18ClFN4OS/c1-12(2)13-3-6-15(7-4-13)25-11-22-24-19(25)27-10-18(26)23-14-5-8-17(21)16(20)9-14/h3-9,11-12H,10H2,1-2H3,(H,23,26). The van der Waals surface area contributed by atoms with Crippen molar-refractivity contribution in [3.8, 4) is 5.69 Å². The van der Waals surface area contributed by atoms with Gasteiger partial charge in [-0.25, -0.2) is 4.39 Å². The van der Waals surface area contributed by atoms with Gasteiger partial charge in [0, 0.05) is 11.4 Å². The molecule has 5 nitrogen and oxygen atoms in total. The molecule has 140 valence electrons. The van der Waals surface area contributed by atoms with Crippen LogP contribution in [0.4, 0.5) is 10.1 Å². The van der Waals surface area contributed by atoms with Gasteiger partial charge in [0.2, 0.25) is 5.91 Å². The molecule has 1 aromatic heterocycles. The molecule has 1 heterocycles. The minimum absolute atomic E-state index is 0.0370. The highest BCUT2D eigenvalue weighted by atomic mass is 35.5. The Morgan fingerprint density at radius 2 is 2.00 bits per heavy atom. The first kappa shape index (κ1) is 19.4. The number of halogens is 2. The number of carbonyl (C=O) groups excluding carboxylic acids is 1. The Morgan fingerprint density at radius 1 is 1.26 bits per heavy atom. The number of amides is 1. The molecule has 0 radical (unpaired) electrons. The normalized spacial score (nSPS) is 11.0. The Labute approximate surface area is 166 Å². The Morgan fingerprint density at radius 3 is 2.67 bits per heavy atom. The molecule has 0 aliphatic heterocycles. The molecule has 8 heteroatoms. The summed E-state index contributed by atoms with van der Waals surface area (Å²) in [5.41, 5.74) is 2.62. The van der Waals surface area contributed by atoms with Crippen molar-refractivity contribution in [1.29, 1.82) is 0 Å². The maximum atomic E-state index is 13.2. The van der Waals surface area contributed by atoms with Crippen LogP contribution in [-0.4, -0.2) is 26.4 Å². The third-order valence-corrected chi connectivity index (χ3v) is 5.12. The van der Waals surface area contributed by atoms with E-state index in [4.69, 9.17) is 11.6 Å². The molecule has 0 spiro atoms. The molecule has 0 aliphatic carbocycles. The van der Waals surface area contributed by atoms with Crippen molar-refractivity contribution < 1.29 is 9.18 Å². The van der Waals surface area contributed by atoms with E-state index in [9.17, 15) is 9.18 Å². The summed E-state index contributed by atoms with van der Waals surface area (Å²) in [5.74, 6) is -0.178. The third-order valence-electron chi connectivity index (χ3n) is 3.89. The topological polar surface area (TPSA) is 59.8 Å². The van der Waals surface area contributed by atoms with E-state index in [2.05, 4.69) is 41.5 Å². The quantitative estimate of drug-likeness (QED) is 0.593. The van der Waals surface area contributed by atoms with Crippen molar-refractivity contribution in [2.75, 3.05) is 11.1 Å². The van der Waals surface area contributed by atoms with Crippen molar-refractivity contribution in [2.24, 2.45) is 0 Å². The number of benzene rings is 2. The van der Waals surface area contributed by atoms with Crippen molar-refractivity contribution in [2.45, 2.75) is 24.9 Å². The zero-order valence-electron chi connectivity index (χ0n) is 14.8. The predicted octanol–water partition coefficient (Wildman–Crippen LogP) is 4.91. The van der Waals surface area contributed by atoms with Crippen molar-refractivity contribution >= 4 is 35.0 Å². The SMILES string of the molecule is CC(C)c1ccc(-n2cnnc2SCC(=O)Nc2ccc(F)c(Cl)c2)cc1. The van der Waals surface area contributed by atoms with E-state index >= 15 is 0 Å². The number of nitrogens with zero attached hydrogens (tertiary/aromatic N) is 3. The lowest BCUT2D eigenvalue weighted by molar-refractivity contribution is -0.113. The second-order valence-electron chi connectivity index (χ2n) is 6.20. The van der Waals surface area contributed by atoms with E-state index in [0.717, 1.165) is 5.69 Å². The van der Waals surface area contributed by atoms with Crippen LogP contribution in [0, 0.1) is 5.82 Å². The highest BCUT2D eigenvalue weighted by Crippen LogP contribution is 2.23. The first-order chi connectivity index (χ1) is 12.9. The Bertz CT molecular complexity index is 943. The minimum atomic E-state index is -0.527. The lowest BCUT2D eigenvalue weighted by Crippen LogP contribution is -2.14. The summed E-state index contributed by atoms with van der Waals surface area (Å²) in [6.45, 7) is 4.28. The van der Waals surface area contributed by atoms with Crippen LogP contribution in [0.15, 0.2) is 53.9 Å². The van der Waals surface area contributed by atoms with Crippen LogP contribution < -0.4 is 5.32 Å². The molecule has 27 heavy (non-hydrogen) atoms. The molecular weight excluding hydrogens is 387 g/mol. The van der Waals surface area contributed by atoms with Crippen LogP contribution in [0.3, 0.4) is 0 Å². The fourth-order valence-electron chi connectivity index (χ4n) is 2.42. The lowest BCUT2D eigenvalue weighted by Gasteiger charge is -2.09. The number of rotatable bonds is 6. The van der Waals surface area contributed by atoms with Gasteiger partial charge in [-0.2, -0.15) is 0 Å². The first-order valence-corrected chi connectivity index (χ1v) is 9.68. The summed E-state index contributed by atoms with van der Waals surface area (Å²) >= 11 is 6.99. The first-order valence-electron chi connectivity index (χ1n) is 8.32. The minimum Gasteiger partial charge on any atom is -0.325 e. The molecule has 3 aromatic rings. The summed E-state index contributed by atoms with van der Waals surface area (Å²) in [4.78, 5) is 12.1. The van der Waals surface area contributed by atoms with Crippen LogP contribution in [0.1, 0.15) is 25.3 Å². The Balaban J connectivity index is 1.64. The third kappa shape index (κ3) is 4.87. The van der Waals surface area contributed by atoms with Gasteiger partial charge < -0.3 is 5.32 Å². The van der Waals surface area contributed by atoms with Crippen molar-refractivity contribution in [1.82, 2.24) is 14.8 Å². The summed E-state index contributed by atoms with van der Waals surface area (Å²) < 4.78 is 15.0. The van der Waals surface area contributed by atoms with Gasteiger partial charge in [-0.15, -0.1) is 10.2 Å². The molecule has 3 rings (SSSR count). The van der Waals surface area contributed by atoms with Gasteiger partial charge in [-0.1, -0.05) is 49.3 Å². The summed E-state index contributed by atoms with van der Waals surface area (Å²) in [6.07, 6.45) is 1.62. The second kappa shape index (κ2) is 8.54. The maximum absolute atomic E-state index is 13.2. The number of aromatic nitrogens is 3. The number of anilines is 1. The Kier molecular flexibility index (Phi) is 6.13. The van der Waals surface area contributed by atoms with Gasteiger partial charge in [-0.3, -0.25) is 9.36 Å². The van der Waals surface area contributed by atoms with Gasteiger partial charge in [-0.05, 0) is 41.8 Å². The van der Waals surface area contributed by atoms with E-state index in [-0.39, 0.29) is 16.7 Å². The molecule has 1 amide bonds. The zero-order chi connectivity index (χ0) is 19.4. The molecular formula is C19H18ClFN4OS. The smallest absolute Gasteiger partial charge is 0.234 e. The number of thioether (sulfide) groups is 1. The van der Waals surface area contributed by atoms with Gasteiger partial charge >= 0.3 is 0 Å². The highest BCUT2D eigenvalue weighted by Gasteiger charge is 2.11. The average molecular weight is 405 g/mol. The molecule has 1 N–H and O–H groups in total. The maximum Gasteiger partial charge on any atom is 0.234 e. The summed E-state index contributed by atoms with van der Waals surface area (Å²) in [7, 11) is 0. The van der Waals surface area contributed by atoms with E-state index in [1.165, 1.54) is 35.5 Å². The number of carbonyl (C=O) groups is 1. The fourth-order valence-corrected chi connectivity index (χ4v) is 3.33. The van der Waals surface area contributed by atoms with E-state index < -0.39 is 5.82 Å². The summed E-state index contributed by atoms with van der Waals surface area (Å²) in [5, 5.41) is 11.3. The van der Waals surface area contributed by atoms with Crippen molar-refractivity contribution in [3.05, 3.63) is 65.2 Å². The number of hydrogen-bond acceptors (Lipinski definition) is 4. The van der Waals surface area contributed by atoms with Gasteiger partial charge in [0.25, 0.3) is 0 Å². The largest absolute Gasteiger partial charge is 0.325 e. The Hall–Kier alpha value is -2.38. The lowest BCUT2D eigenvalue weighted by atomic mass is 10.0. The van der Waals surface area contributed by atoms with Gasteiger partial charge in [0.15, 0.2) is 5.16 Å². The van der Waals surface area contributed by atoms with Crippen molar-refractivity contribution in [3.63, 3.8) is 0 Å². The summed E-state index contributed by atoms with van der Waals surface area (Å²) in [6, 6.07) is 12.2. The molecule has 0 fully saturated rings. The zero-order valence-corrected chi connectivity index (χ0v) is 16.4. The van der Waals surface area contributed by atoms with Crippen LogP contribution in [0.5, 0.6) is 0 Å². The fraction of sp³-hybridized carbons (Fsp3) is 0.211. The molecule has 0 bridgehead atoms. The highest BCUT2D eigenvalue weighted by molar-refractivity contribution is 7.99. The molecule has 0 saturated heterocycles. The van der Waals surface area contributed by atoms with E-state index in [1.807, 2.05) is 16.7 Å². The van der Waals surface area contributed by atoms with Crippen LogP contribution in [-0.2, 0) is 4.79 Å².